The van der Waals surface area contributed by atoms with Crippen LogP contribution >= 0.6 is 22.7 Å². The third kappa shape index (κ3) is 4.31. The van der Waals surface area contributed by atoms with Crippen LogP contribution in [0, 0.1) is 0 Å². The summed E-state index contributed by atoms with van der Waals surface area (Å²) in [5.74, 6) is 0. The molecule has 0 amide bonds. The van der Waals surface area contributed by atoms with Crippen LogP contribution in [-0.2, 0) is 18.5 Å². The number of nitrogens with zero attached hydrogens (tertiary/aromatic N) is 8. The zero-order chi connectivity index (χ0) is 22.8. The van der Waals surface area contributed by atoms with Crippen molar-refractivity contribution in [2.75, 3.05) is 6.54 Å². The highest BCUT2D eigenvalue weighted by molar-refractivity contribution is 7.12. The Kier molecular flexibility index (Phi) is 5.78. The van der Waals surface area contributed by atoms with Crippen molar-refractivity contribution in [1.82, 2.24) is 39.4 Å². The largest absolute Gasteiger partial charge is 0.294 e. The molecule has 6 rings (SSSR count). The summed E-state index contributed by atoms with van der Waals surface area (Å²) >= 11 is 3.10. The van der Waals surface area contributed by atoms with E-state index < -0.39 is 0 Å². The van der Waals surface area contributed by atoms with Gasteiger partial charge in [0.2, 0.25) is 10.3 Å². The molecule has 0 unspecified atom stereocenters. The zero-order valence-corrected chi connectivity index (χ0v) is 20.2. The van der Waals surface area contributed by atoms with Crippen LogP contribution in [0.1, 0.15) is 36.2 Å². The lowest BCUT2D eigenvalue weighted by molar-refractivity contribution is 0.235. The molecule has 0 spiro atoms. The Labute approximate surface area is 205 Å². The minimum atomic E-state index is 0.259. The lowest BCUT2D eigenvalue weighted by Gasteiger charge is -2.26. The number of aromatic nitrogens is 7. The number of hydrogen-bond donors (Lipinski definition) is 0. The van der Waals surface area contributed by atoms with Crippen molar-refractivity contribution >= 4 is 22.7 Å². The van der Waals surface area contributed by atoms with Crippen LogP contribution in [0.25, 0.3) is 10.3 Å². The van der Waals surface area contributed by atoms with Gasteiger partial charge in [0.25, 0.3) is 0 Å². The Morgan fingerprint density at radius 2 is 1.50 bits per heavy atom. The second-order valence-corrected chi connectivity index (χ2v) is 10.3. The summed E-state index contributed by atoms with van der Waals surface area (Å²) in [5.41, 5.74) is 7.58. The summed E-state index contributed by atoms with van der Waals surface area (Å²) in [7, 11) is 0. The van der Waals surface area contributed by atoms with E-state index in [1.165, 1.54) is 29.8 Å². The maximum atomic E-state index is 4.38. The molecule has 0 saturated heterocycles. The zero-order valence-electron chi connectivity index (χ0n) is 18.6. The molecule has 1 saturated carbocycles. The summed E-state index contributed by atoms with van der Waals surface area (Å²) in [6.45, 7) is 2.62. The Balaban J connectivity index is 1.26. The Morgan fingerprint density at radius 1 is 0.853 bits per heavy atom. The highest BCUT2D eigenvalue weighted by Crippen LogP contribution is 2.50. The minimum Gasteiger partial charge on any atom is -0.294 e. The normalized spacial score (nSPS) is 14.6. The number of hydrogen-bond acceptors (Lipinski definition) is 8. The van der Waals surface area contributed by atoms with Crippen molar-refractivity contribution in [2.24, 2.45) is 0 Å². The van der Waals surface area contributed by atoms with Crippen molar-refractivity contribution in [3.63, 3.8) is 0 Å². The molecule has 0 bridgehead atoms. The van der Waals surface area contributed by atoms with Gasteiger partial charge in [-0.2, -0.15) is 0 Å². The molecule has 10 heteroatoms. The van der Waals surface area contributed by atoms with E-state index in [1.54, 1.807) is 33.7 Å². The van der Waals surface area contributed by atoms with Crippen LogP contribution in [0.15, 0.2) is 72.2 Å². The summed E-state index contributed by atoms with van der Waals surface area (Å²) < 4.78 is 4.28. The van der Waals surface area contributed by atoms with Crippen LogP contribution in [0.3, 0.4) is 0 Å². The molecule has 0 aromatic carbocycles. The molecule has 5 aromatic heterocycles. The molecular formula is C24H24N8S2. The SMILES string of the molecule is c1cncc(C2(CCN(Cc3cccn3-c3nncs3)Cc3cccn3-c3nncs3)CC2)c1. The smallest absolute Gasteiger partial charge is 0.216 e. The predicted octanol–water partition coefficient (Wildman–Crippen LogP) is 4.49. The first-order valence-electron chi connectivity index (χ1n) is 11.3. The van der Waals surface area contributed by atoms with E-state index in [0.717, 1.165) is 36.3 Å². The minimum absolute atomic E-state index is 0.259. The van der Waals surface area contributed by atoms with Gasteiger partial charge in [-0.15, -0.1) is 20.4 Å². The average Bonchev–Trinajstić information content (AvgIpc) is 3.44. The third-order valence-corrected chi connectivity index (χ3v) is 7.96. The van der Waals surface area contributed by atoms with Crippen LogP contribution in [-0.4, -0.2) is 46.0 Å². The fourth-order valence-corrected chi connectivity index (χ4v) is 5.71. The fraction of sp³-hybridized carbons (Fsp3) is 0.292. The standard InChI is InChI=1S/C24H24N8S2/c1-4-19(14-25-10-1)24(7-8-24)9-13-30(15-20-5-2-11-31(20)22-28-26-17-33-22)16-21-6-3-12-32(21)23-29-27-18-34-23/h1-6,10-12,14,17-18H,7-9,13,15-16H2. The van der Waals surface area contributed by atoms with Gasteiger partial charge in [-0.1, -0.05) is 28.7 Å². The van der Waals surface area contributed by atoms with E-state index in [1.807, 2.05) is 12.4 Å². The predicted molar refractivity (Wildman–Crippen MR) is 132 cm³/mol. The molecule has 8 nitrogen and oxygen atoms in total. The second kappa shape index (κ2) is 9.21. The molecule has 172 valence electrons. The summed E-state index contributed by atoms with van der Waals surface area (Å²) in [5, 5.41) is 18.4. The number of rotatable bonds is 10. The van der Waals surface area contributed by atoms with Crippen LogP contribution < -0.4 is 0 Å². The van der Waals surface area contributed by atoms with Gasteiger partial charge in [-0.05, 0) is 67.1 Å². The maximum absolute atomic E-state index is 4.38. The van der Waals surface area contributed by atoms with Crippen molar-refractivity contribution in [3.8, 4) is 10.3 Å². The van der Waals surface area contributed by atoms with Gasteiger partial charge in [-0.25, -0.2) is 0 Å². The average molecular weight is 489 g/mol. The molecule has 34 heavy (non-hydrogen) atoms. The molecule has 5 aromatic rings. The Bertz CT molecular complexity index is 1250. The monoisotopic (exact) mass is 488 g/mol. The maximum Gasteiger partial charge on any atom is 0.216 e. The van der Waals surface area contributed by atoms with Crippen molar-refractivity contribution in [2.45, 2.75) is 37.8 Å². The van der Waals surface area contributed by atoms with Gasteiger partial charge in [0.05, 0.1) is 0 Å². The molecule has 1 fully saturated rings. The summed E-state index contributed by atoms with van der Waals surface area (Å²) in [4.78, 5) is 6.90. The van der Waals surface area contributed by atoms with E-state index in [0.29, 0.717) is 0 Å². The molecule has 1 aliphatic carbocycles. The third-order valence-electron chi connectivity index (χ3n) is 6.58. The van der Waals surface area contributed by atoms with Gasteiger partial charge in [0.15, 0.2) is 0 Å². The molecule has 0 radical (unpaired) electrons. The van der Waals surface area contributed by atoms with Crippen LogP contribution in [0.2, 0.25) is 0 Å². The molecule has 0 atom stereocenters. The molecular weight excluding hydrogens is 464 g/mol. The highest BCUT2D eigenvalue weighted by Gasteiger charge is 2.44. The van der Waals surface area contributed by atoms with Gasteiger partial charge in [-0.3, -0.25) is 19.0 Å². The summed E-state index contributed by atoms with van der Waals surface area (Å²) in [6.07, 6.45) is 11.6. The van der Waals surface area contributed by atoms with Crippen molar-refractivity contribution in [1.29, 1.82) is 0 Å². The first-order chi connectivity index (χ1) is 16.8. The second-order valence-electron chi connectivity index (χ2n) is 8.66. The van der Waals surface area contributed by atoms with Gasteiger partial charge in [0, 0.05) is 49.3 Å². The van der Waals surface area contributed by atoms with Crippen molar-refractivity contribution in [3.05, 3.63) is 89.2 Å². The van der Waals surface area contributed by atoms with E-state index in [-0.39, 0.29) is 5.41 Å². The van der Waals surface area contributed by atoms with Gasteiger partial charge >= 0.3 is 0 Å². The Morgan fingerprint density at radius 3 is 2.00 bits per heavy atom. The topological polar surface area (TPSA) is 77.5 Å². The van der Waals surface area contributed by atoms with E-state index >= 15 is 0 Å². The van der Waals surface area contributed by atoms with Gasteiger partial charge < -0.3 is 0 Å². The van der Waals surface area contributed by atoms with Crippen LogP contribution in [0.4, 0.5) is 0 Å². The summed E-state index contributed by atoms with van der Waals surface area (Å²) in [6, 6.07) is 12.8. The quantitative estimate of drug-likeness (QED) is 0.288. The first-order valence-corrected chi connectivity index (χ1v) is 13.1. The first kappa shape index (κ1) is 21.3. The van der Waals surface area contributed by atoms with Crippen molar-refractivity contribution < 1.29 is 0 Å². The van der Waals surface area contributed by atoms with Gasteiger partial charge in [0.1, 0.15) is 11.0 Å². The molecule has 0 N–H and O–H groups in total. The van der Waals surface area contributed by atoms with Crippen LogP contribution in [0.5, 0.6) is 0 Å². The fourth-order valence-electron chi connectivity index (χ4n) is 4.56. The molecule has 0 aliphatic heterocycles. The molecule has 5 heterocycles. The lowest BCUT2D eigenvalue weighted by Crippen LogP contribution is -2.28. The Hall–Kier alpha value is -3.21. The number of pyridine rings is 1. The lowest BCUT2D eigenvalue weighted by atomic mass is 9.93. The van der Waals surface area contributed by atoms with E-state index in [9.17, 15) is 0 Å². The molecule has 1 aliphatic rings. The van der Waals surface area contributed by atoms with E-state index in [2.05, 4.69) is 88.2 Å². The van der Waals surface area contributed by atoms with E-state index in [4.69, 9.17) is 0 Å². The highest BCUT2D eigenvalue weighted by atomic mass is 32.1.